The molecule has 0 fully saturated rings. The normalized spacial score (nSPS) is 10.4. The van der Waals surface area contributed by atoms with Crippen molar-refractivity contribution in [2.45, 2.75) is 11.8 Å². The summed E-state index contributed by atoms with van der Waals surface area (Å²) in [6, 6.07) is 15.1. The Morgan fingerprint density at radius 2 is 1.87 bits per heavy atom. The predicted octanol–water partition coefficient (Wildman–Crippen LogP) is 4.63. The first kappa shape index (κ1) is 21.5. The van der Waals surface area contributed by atoms with Crippen molar-refractivity contribution in [1.82, 2.24) is 4.98 Å². The maximum atomic E-state index is 12.3. The number of nitrogens with zero attached hydrogens (tertiary/aromatic N) is 2. The van der Waals surface area contributed by atoms with Crippen LogP contribution in [0.3, 0.4) is 0 Å². The number of rotatable bonds is 8. The highest BCUT2D eigenvalue weighted by Gasteiger charge is 2.21. The Bertz CT molecular complexity index is 1050. The van der Waals surface area contributed by atoms with Crippen LogP contribution in [0.4, 0.5) is 10.8 Å². The minimum atomic E-state index is -0.491. The quantitative estimate of drug-likeness (QED) is 0.234. The molecule has 30 heavy (non-hydrogen) atoms. The van der Waals surface area contributed by atoms with Crippen LogP contribution in [0.1, 0.15) is 16.6 Å². The summed E-state index contributed by atoms with van der Waals surface area (Å²) in [6.07, 6.45) is 0. The lowest BCUT2D eigenvalue weighted by molar-refractivity contribution is -0.384. The highest BCUT2D eigenvalue weighted by atomic mass is 32.2. The molecule has 0 saturated heterocycles. The summed E-state index contributed by atoms with van der Waals surface area (Å²) in [5.74, 6) is -0.705. The number of nitro groups is 1. The zero-order valence-electron chi connectivity index (χ0n) is 15.9. The topological polar surface area (TPSA) is 111 Å². The molecule has 0 unspecified atom stereocenters. The number of non-ortho nitro benzene ring substituents is 1. The third kappa shape index (κ3) is 5.43. The molecule has 1 amide bonds. The average Bonchev–Trinajstić information content (AvgIpc) is 3.17. The number of anilines is 1. The van der Waals surface area contributed by atoms with E-state index in [2.05, 4.69) is 10.3 Å². The van der Waals surface area contributed by atoms with Crippen molar-refractivity contribution < 1.29 is 19.2 Å². The largest absolute Gasteiger partial charge is 0.462 e. The third-order valence-electron chi connectivity index (χ3n) is 3.80. The number of carbonyl (C=O) groups excluding carboxylic acids is 2. The van der Waals surface area contributed by atoms with Crippen molar-refractivity contribution in [2.75, 3.05) is 17.7 Å². The van der Waals surface area contributed by atoms with Gasteiger partial charge in [-0.05, 0) is 19.1 Å². The fourth-order valence-electron chi connectivity index (χ4n) is 2.47. The molecule has 1 heterocycles. The Hall–Kier alpha value is -3.24. The summed E-state index contributed by atoms with van der Waals surface area (Å²) >= 11 is 2.30. The number of esters is 1. The van der Waals surface area contributed by atoms with E-state index in [1.54, 1.807) is 19.1 Å². The number of carbonyl (C=O) groups is 2. The molecular formula is C20H17N3O5S2. The molecule has 10 heteroatoms. The summed E-state index contributed by atoms with van der Waals surface area (Å²) in [5.41, 5.74) is 1.20. The molecule has 3 rings (SSSR count). The molecule has 0 bridgehead atoms. The van der Waals surface area contributed by atoms with Crippen LogP contribution in [-0.2, 0) is 9.53 Å². The lowest BCUT2D eigenvalue weighted by atomic mass is 10.1. The van der Waals surface area contributed by atoms with Crippen molar-refractivity contribution in [2.24, 2.45) is 0 Å². The van der Waals surface area contributed by atoms with E-state index in [9.17, 15) is 19.7 Å². The maximum absolute atomic E-state index is 12.3. The monoisotopic (exact) mass is 443 g/mol. The average molecular weight is 444 g/mol. The Kier molecular flexibility index (Phi) is 7.15. The Labute approximate surface area is 180 Å². The van der Waals surface area contributed by atoms with E-state index in [1.807, 2.05) is 30.3 Å². The number of aromatic nitrogens is 1. The predicted molar refractivity (Wildman–Crippen MR) is 116 cm³/mol. The first-order valence-electron chi connectivity index (χ1n) is 8.88. The zero-order chi connectivity index (χ0) is 21.5. The van der Waals surface area contributed by atoms with Crippen molar-refractivity contribution in [3.63, 3.8) is 0 Å². The van der Waals surface area contributed by atoms with Gasteiger partial charge in [0.25, 0.3) is 5.69 Å². The highest BCUT2D eigenvalue weighted by Crippen LogP contribution is 2.32. The van der Waals surface area contributed by atoms with Crippen LogP contribution in [0.15, 0.2) is 59.5 Å². The smallest absolute Gasteiger partial charge is 0.350 e. The lowest BCUT2D eigenvalue weighted by Crippen LogP contribution is -2.13. The molecule has 2 aromatic carbocycles. The second kappa shape index (κ2) is 9.99. The van der Waals surface area contributed by atoms with E-state index in [4.69, 9.17) is 4.74 Å². The van der Waals surface area contributed by atoms with Crippen molar-refractivity contribution in [1.29, 1.82) is 0 Å². The van der Waals surface area contributed by atoms with Gasteiger partial charge in [0.2, 0.25) is 5.91 Å². The van der Waals surface area contributed by atoms with Crippen molar-refractivity contribution in [3.8, 4) is 11.3 Å². The van der Waals surface area contributed by atoms with Crippen LogP contribution in [-0.4, -0.2) is 34.1 Å². The number of amides is 1. The SMILES string of the molecule is CCOC(=O)c1sc(NC(=O)CSc2ccc([N+](=O)[O-])cc2)nc1-c1ccccc1. The van der Waals surface area contributed by atoms with Gasteiger partial charge in [-0.3, -0.25) is 14.9 Å². The second-order valence-electron chi connectivity index (χ2n) is 5.87. The van der Waals surface area contributed by atoms with Crippen LogP contribution >= 0.6 is 23.1 Å². The van der Waals surface area contributed by atoms with Crippen molar-refractivity contribution >= 4 is 45.8 Å². The fraction of sp³-hybridized carbons (Fsp3) is 0.150. The number of benzene rings is 2. The Morgan fingerprint density at radius 3 is 2.50 bits per heavy atom. The first-order valence-corrected chi connectivity index (χ1v) is 10.7. The number of hydrogen-bond donors (Lipinski definition) is 1. The Morgan fingerprint density at radius 1 is 1.17 bits per heavy atom. The molecule has 3 aromatic rings. The highest BCUT2D eigenvalue weighted by molar-refractivity contribution is 8.00. The molecule has 8 nitrogen and oxygen atoms in total. The molecule has 0 radical (unpaired) electrons. The lowest BCUT2D eigenvalue weighted by Gasteiger charge is -2.02. The van der Waals surface area contributed by atoms with E-state index in [0.29, 0.717) is 15.7 Å². The van der Waals surface area contributed by atoms with Gasteiger partial charge in [-0.15, -0.1) is 11.8 Å². The minimum Gasteiger partial charge on any atom is -0.462 e. The standard InChI is InChI=1S/C20H17N3O5S2/c1-2-28-19(25)18-17(13-6-4-3-5-7-13)22-20(30-18)21-16(24)12-29-15-10-8-14(9-11-15)23(26)27/h3-11H,2,12H2,1H3,(H,21,22,24). The van der Waals surface area contributed by atoms with Gasteiger partial charge in [0.05, 0.1) is 23.0 Å². The number of ether oxygens (including phenoxy) is 1. The zero-order valence-corrected chi connectivity index (χ0v) is 17.5. The van der Waals surface area contributed by atoms with E-state index in [1.165, 1.54) is 23.9 Å². The second-order valence-corrected chi connectivity index (χ2v) is 7.92. The molecule has 0 aliphatic rings. The van der Waals surface area contributed by atoms with Crippen LogP contribution < -0.4 is 5.32 Å². The third-order valence-corrected chi connectivity index (χ3v) is 5.76. The van der Waals surface area contributed by atoms with Crippen LogP contribution in [0.25, 0.3) is 11.3 Å². The summed E-state index contributed by atoms with van der Waals surface area (Å²) in [6.45, 7) is 1.96. The van der Waals surface area contributed by atoms with Crippen LogP contribution in [0.5, 0.6) is 0 Å². The van der Waals surface area contributed by atoms with E-state index in [0.717, 1.165) is 21.8 Å². The molecule has 1 N–H and O–H groups in total. The summed E-state index contributed by atoms with van der Waals surface area (Å²) in [7, 11) is 0. The van der Waals surface area contributed by atoms with Crippen molar-refractivity contribution in [3.05, 3.63) is 69.6 Å². The van der Waals surface area contributed by atoms with Gasteiger partial charge in [-0.25, -0.2) is 9.78 Å². The molecule has 0 saturated carbocycles. The summed E-state index contributed by atoms with van der Waals surface area (Å²) < 4.78 is 5.11. The van der Waals surface area contributed by atoms with E-state index >= 15 is 0 Å². The van der Waals surface area contributed by atoms with Gasteiger partial charge in [-0.2, -0.15) is 0 Å². The van der Waals surface area contributed by atoms with Gasteiger partial charge in [0.15, 0.2) is 5.13 Å². The minimum absolute atomic E-state index is 0.00785. The first-order chi connectivity index (χ1) is 14.5. The van der Waals surface area contributed by atoms with Gasteiger partial charge in [0.1, 0.15) is 4.88 Å². The molecule has 0 spiro atoms. The number of thioether (sulfide) groups is 1. The number of hydrogen-bond acceptors (Lipinski definition) is 8. The number of nitrogens with one attached hydrogen (secondary N) is 1. The van der Waals surface area contributed by atoms with Gasteiger partial charge < -0.3 is 10.1 Å². The van der Waals surface area contributed by atoms with Crippen LogP contribution in [0, 0.1) is 10.1 Å². The van der Waals surface area contributed by atoms with E-state index < -0.39 is 10.9 Å². The fourth-order valence-corrected chi connectivity index (χ4v) is 4.06. The van der Waals surface area contributed by atoms with E-state index in [-0.39, 0.29) is 24.0 Å². The van der Waals surface area contributed by atoms with Gasteiger partial charge in [-0.1, -0.05) is 41.7 Å². The van der Waals surface area contributed by atoms with Crippen LogP contribution in [0.2, 0.25) is 0 Å². The molecule has 0 atom stereocenters. The van der Waals surface area contributed by atoms with Gasteiger partial charge in [0, 0.05) is 22.6 Å². The summed E-state index contributed by atoms with van der Waals surface area (Å²) in [4.78, 5) is 40.3. The van der Waals surface area contributed by atoms with Gasteiger partial charge >= 0.3 is 5.97 Å². The number of thiazole rings is 1. The maximum Gasteiger partial charge on any atom is 0.350 e. The molecule has 0 aliphatic heterocycles. The molecular weight excluding hydrogens is 426 g/mol. The molecule has 1 aromatic heterocycles. The molecule has 154 valence electrons. The summed E-state index contributed by atoms with van der Waals surface area (Å²) in [5, 5.41) is 13.7. The Balaban J connectivity index is 1.70. The molecule has 0 aliphatic carbocycles. The number of nitro benzene ring substituents is 1.